The van der Waals surface area contributed by atoms with Crippen LogP contribution in [0, 0.1) is 0 Å². The summed E-state index contributed by atoms with van der Waals surface area (Å²) < 4.78 is 39.6. The van der Waals surface area contributed by atoms with E-state index >= 15 is 0 Å². The second kappa shape index (κ2) is 9.64. The highest BCUT2D eigenvalue weighted by molar-refractivity contribution is 6.07. The third-order valence-corrected chi connectivity index (χ3v) is 7.85. The molecule has 5 nitrogen and oxygen atoms in total. The van der Waals surface area contributed by atoms with Crippen LogP contribution < -0.4 is 5.32 Å². The van der Waals surface area contributed by atoms with E-state index in [4.69, 9.17) is 0 Å². The molecule has 3 aliphatic rings. The number of aryl methyl sites for hydroxylation is 1. The van der Waals surface area contributed by atoms with Crippen LogP contribution >= 0.6 is 0 Å². The number of aliphatic hydroxyl groups excluding tert-OH is 1. The molecule has 1 heterocycles. The highest BCUT2D eigenvalue weighted by Gasteiger charge is 2.38. The molecule has 0 aromatic heterocycles. The summed E-state index contributed by atoms with van der Waals surface area (Å²) in [6, 6.07) is 14.0. The number of halogens is 3. The maximum absolute atomic E-state index is 13.2. The molecule has 1 atom stereocenters. The highest BCUT2D eigenvalue weighted by Crippen LogP contribution is 2.39. The summed E-state index contributed by atoms with van der Waals surface area (Å²) in [5.41, 5.74) is 2.07. The van der Waals surface area contributed by atoms with Crippen LogP contribution in [0.15, 0.2) is 59.9 Å². The van der Waals surface area contributed by atoms with E-state index in [0.29, 0.717) is 24.3 Å². The van der Waals surface area contributed by atoms with Gasteiger partial charge in [-0.1, -0.05) is 36.4 Å². The number of fused-ring (bicyclic) bond motifs is 1. The average Bonchev–Trinajstić information content (AvgIpc) is 3.40. The monoisotopic (exact) mass is 498 g/mol. The number of rotatable bonds is 5. The van der Waals surface area contributed by atoms with Crippen LogP contribution in [0.1, 0.15) is 66.2 Å². The molecular weight excluding hydrogens is 469 g/mol. The Morgan fingerprint density at radius 2 is 1.75 bits per heavy atom. The first kappa shape index (κ1) is 24.4. The number of aliphatic hydroxyl groups is 1. The molecule has 2 aliphatic carbocycles. The molecule has 8 heteroatoms. The lowest BCUT2D eigenvalue weighted by Crippen LogP contribution is -2.39. The Morgan fingerprint density at radius 1 is 1.03 bits per heavy atom. The lowest BCUT2D eigenvalue weighted by molar-refractivity contribution is -0.137. The van der Waals surface area contributed by atoms with E-state index in [1.807, 2.05) is 18.2 Å². The first-order chi connectivity index (χ1) is 17.2. The van der Waals surface area contributed by atoms with Crippen LogP contribution in [0.3, 0.4) is 0 Å². The molecule has 2 aromatic carbocycles. The molecule has 190 valence electrons. The molecule has 36 heavy (non-hydrogen) atoms. The fourth-order valence-corrected chi connectivity index (χ4v) is 5.83. The summed E-state index contributed by atoms with van der Waals surface area (Å²) in [5, 5.41) is 13.4. The molecule has 2 aromatic rings. The standard InChI is InChI=1S/C28H29F3N2O3/c29-28(30,31)21-11-8-19-6-7-20(23(19)14-21)15-33-16-24(25(34)27(33)36)26(35)32-22-12-9-18(10-13-22)17-4-2-1-3-5-17/h1-5,8,11,14,18,20,22,34H,6-7,9-10,12-13,15-16H2,(H,32,35)/t18?,20-,22?/m0/s1. The zero-order valence-electron chi connectivity index (χ0n) is 19.9. The number of nitrogens with one attached hydrogen (secondary N) is 1. The maximum atomic E-state index is 13.2. The SMILES string of the molecule is O=C(NC1CCC(c2ccccc2)CC1)C1=C(O)C(=O)N(C[C@@H]2CCc3ccc(C(F)(F)F)cc32)C1. The van der Waals surface area contributed by atoms with Crippen molar-refractivity contribution in [2.45, 2.75) is 62.6 Å². The van der Waals surface area contributed by atoms with Gasteiger partial charge in [0, 0.05) is 18.5 Å². The van der Waals surface area contributed by atoms with Gasteiger partial charge in [-0.2, -0.15) is 13.2 Å². The van der Waals surface area contributed by atoms with Gasteiger partial charge in [-0.25, -0.2) is 0 Å². The minimum Gasteiger partial charge on any atom is -0.503 e. The Hall–Kier alpha value is -3.29. The molecule has 0 spiro atoms. The summed E-state index contributed by atoms with van der Waals surface area (Å²) in [6.07, 6.45) is 0.357. The zero-order valence-corrected chi connectivity index (χ0v) is 19.9. The number of carbonyl (C=O) groups is 2. The second-order valence-electron chi connectivity index (χ2n) is 10.1. The molecule has 0 radical (unpaired) electrons. The lowest BCUT2D eigenvalue weighted by Gasteiger charge is -2.29. The van der Waals surface area contributed by atoms with Crippen LogP contribution in [0.25, 0.3) is 0 Å². The Bertz CT molecular complexity index is 1180. The van der Waals surface area contributed by atoms with Gasteiger partial charge in [-0.15, -0.1) is 0 Å². The van der Waals surface area contributed by atoms with Gasteiger partial charge in [0.25, 0.3) is 11.8 Å². The molecule has 2 amide bonds. The number of alkyl halides is 3. The average molecular weight is 499 g/mol. The molecular formula is C28H29F3N2O3. The second-order valence-corrected chi connectivity index (χ2v) is 10.1. The smallest absolute Gasteiger partial charge is 0.416 e. The quantitative estimate of drug-likeness (QED) is 0.593. The lowest BCUT2D eigenvalue weighted by atomic mass is 9.82. The zero-order chi connectivity index (χ0) is 25.4. The first-order valence-electron chi connectivity index (χ1n) is 12.5. The van der Waals surface area contributed by atoms with Gasteiger partial charge in [-0.05, 0) is 73.3 Å². The minimum absolute atomic E-state index is 0.0237. The van der Waals surface area contributed by atoms with Crippen molar-refractivity contribution < 1.29 is 27.9 Å². The van der Waals surface area contributed by atoms with Crippen molar-refractivity contribution in [3.63, 3.8) is 0 Å². The summed E-state index contributed by atoms with van der Waals surface area (Å²) >= 11 is 0. The molecule has 0 saturated heterocycles. The van der Waals surface area contributed by atoms with Crippen molar-refractivity contribution in [3.05, 3.63) is 82.1 Å². The predicted octanol–water partition coefficient (Wildman–Crippen LogP) is 5.23. The molecule has 5 rings (SSSR count). The topological polar surface area (TPSA) is 69.6 Å². The van der Waals surface area contributed by atoms with Gasteiger partial charge in [-0.3, -0.25) is 9.59 Å². The van der Waals surface area contributed by atoms with Crippen LogP contribution in [0.5, 0.6) is 0 Å². The van der Waals surface area contributed by atoms with Crippen molar-refractivity contribution in [2.24, 2.45) is 0 Å². The molecule has 2 N–H and O–H groups in total. The van der Waals surface area contributed by atoms with E-state index in [1.54, 1.807) is 0 Å². The van der Waals surface area contributed by atoms with E-state index in [2.05, 4.69) is 17.4 Å². The maximum Gasteiger partial charge on any atom is 0.416 e. The van der Waals surface area contributed by atoms with Gasteiger partial charge in [0.1, 0.15) is 0 Å². The molecule has 1 fully saturated rings. The Balaban J connectivity index is 1.19. The number of benzene rings is 2. The fraction of sp³-hybridized carbons (Fsp3) is 0.429. The number of carbonyl (C=O) groups excluding carboxylic acids is 2. The van der Waals surface area contributed by atoms with Crippen molar-refractivity contribution in [1.29, 1.82) is 0 Å². The summed E-state index contributed by atoms with van der Waals surface area (Å²) in [6.45, 7) is 0.122. The Morgan fingerprint density at radius 3 is 2.44 bits per heavy atom. The third kappa shape index (κ3) is 4.86. The summed E-state index contributed by atoms with van der Waals surface area (Å²) in [7, 11) is 0. The van der Waals surface area contributed by atoms with Gasteiger partial charge in [0.05, 0.1) is 17.7 Å². The highest BCUT2D eigenvalue weighted by atomic mass is 19.4. The summed E-state index contributed by atoms with van der Waals surface area (Å²) in [5.74, 6) is -1.46. The van der Waals surface area contributed by atoms with Crippen molar-refractivity contribution in [3.8, 4) is 0 Å². The van der Waals surface area contributed by atoms with Crippen molar-refractivity contribution >= 4 is 11.8 Å². The van der Waals surface area contributed by atoms with E-state index in [-0.39, 0.29) is 30.6 Å². The number of nitrogens with zero attached hydrogens (tertiary/aromatic N) is 1. The predicted molar refractivity (Wildman–Crippen MR) is 128 cm³/mol. The van der Waals surface area contributed by atoms with E-state index in [1.165, 1.54) is 22.6 Å². The van der Waals surface area contributed by atoms with E-state index in [9.17, 15) is 27.9 Å². The van der Waals surface area contributed by atoms with Gasteiger partial charge < -0.3 is 15.3 Å². The van der Waals surface area contributed by atoms with Crippen molar-refractivity contribution in [2.75, 3.05) is 13.1 Å². The van der Waals surface area contributed by atoms with Crippen LogP contribution in [-0.4, -0.2) is 41.0 Å². The number of amides is 2. The number of hydrogen-bond donors (Lipinski definition) is 2. The molecule has 1 saturated carbocycles. The molecule has 0 bridgehead atoms. The largest absolute Gasteiger partial charge is 0.503 e. The van der Waals surface area contributed by atoms with E-state index in [0.717, 1.165) is 37.3 Å². The minimum atomic E-state index is -4.43. The Labute approximate surface area is 208 Å². The third-order valence-electron chi connectivity index (χ3n) is 7.85. The Kier molecular flexibility index (Phi) is 6.53. The van der Waals surface area contributed by atoms with Gasteiger partial charge in [0.15, 0.2) is 5.76 Å². The van der Waals surface area contributed by atoms with Gasteiger partial charge >= 0.3 is 6.18 Å². The molecule has 1 aliphatic heterocycles. The van der Waals surface area contributed by atoms with Crippen LogP contribution in [0.4, 0.5) is 13.2 Å². The molecule has 0 unspecified atom stereocenters. The van der Waals surface area contributed by atoms with Crippen LogP contribution in [0.2, 0.25) is 0 Å². The first-order valence-corrected chi connectivity index (χ1v) is 12.5. The fourth-order valence-electron chi connectivity index (χ4n) is 5.83. The summed E-state index contributed by atoms with van der Waals surface area (Å²) in [4.78, 5) is 27.0. The van der Waals surface area contributed by atoms with Crippen molar-refractivity contribution in [1.82, 2.24) is 10.2 Å². The number of hydrogen-bond acceptors (Lipinski definition) is 3. The van der Waals surface area contributed by atoms with E-state index < -0.39 is 29.3 Å². The normalized spacial score (nSPS) is 24.2. The van der Waals surface area contributed by atoms with Gasteiger partial charge in [0.2, 0.25) is 0 Å². The van der Waals surface area contributed by atoms with Crippen LogP contribution in [-0.2, 0) is 22.2 Å².